The predicted octanol–water partition coefficient (Wildman–Crippen LogP) is 6.68. The number of rotatable bonds is 6. The SMILES string of the molecule is C#C[B-](c1c(C)cc(C)cc1C)(c1c(C)cc(C)cc1C)c1n(C)cc[n+]1C.C#C[B-](c1c(C)cc(C)cc1C)(c1c(C)cc(C)cc1C)c1n(C)cc[n+]1C.Cc1ccccc1. The zero-order valence-corrected chi connectivity index (χ0v) is 41.4. The highest BCUT2D eigenvalue weighted by Crippen LogP contribution is 2.20. The predicted molar refractivity (Wildman–Crippen MR) is 274 cm³/mol. The molecule has 63 heavy (non-hydrogen) atoms. The van der Waals surface area contributed by atoms with Gasteiger partial charge in [0.2, 0.25) is 12.3 Å². The van der Waals surface area contributed by atoms with Gasteiger partial charge in [0, 0.05) is 0 Å². The van der Waals surface area contributed by atoms with Crippen molar-refractivity contribution in [3.05, 3.63) is 176 Å². The number of nitrogens with zero attached hydrogens (tertiary/aromatic N) is 4. The van der Waals surface area contributed by atoms with Crippen molar-refractivity contribution in [1.29, 1.82) is 0 Å². The van der Waals surface area contributed by atoms with Gasteiger partial charge in [-0.3, -0.25) is 29.9 Å². The first-order chi connectivity index (χ1) is 29.6. The highest BCUT2D eigenvalue weighted by Gasteiger charge is 2.43. The van der Waals surface area contributed by atoms with Crippen molar-refractivity contribution in [1.82, 2.24) is 9.13 Å². The second-order valence-corrected chi connectivity index (χ2v) is 18.7. The van der Waals surface area contributed by atoms with E-state index in [2.05, 4.69) is 234 Å². The van der Waals surface area contributed by atoms with Crippen LogP contribution in [0.15, 0.2) is 104 Å². The van der Waals surface area contributed by atoms with Gasteiger partial charge >= 0.3 is 0 Å². The van der Waals surface area contributed by atoms with Crippen LogP contribution in [0.5, 0.6) is 0 Å². The molecule has 0 fully saturated rings. The molecule has 7 aromatic rings. The second kappa shape index (κ2) is 19.0. The van der Waals surface area contributed by atoms with Crippen LogP contribution in [-0.4, -0.2) is 21.4 Å². The van der Waals surface area contributed by atoms with Crippen LogP contribution in [0.4, 0.5) is 0 Å². The Bertz CT molecular complexity index is 2470. The van der Waals surface area contributed by atoms with Crippen molar-refractivity contribution in [2.75, 3.05) is 0 Å². The maximum absolute atomic E-state index is 6.50. The molecule has 0 aliphatic carbocycles. The van der Waals surface area contributed by atoms with E-state index < -0.39 is 12.3 Å². The van der Waals surface area contributed by atoms with E-state index in [9.17, 15) is 0 Å². The lowest BCUT2D eigenvalue weighted by Gasteiger charge is -2.40. The lowest BCUT2D eigenvalue weighted by atomic mass is 9.16. The van der Waals surface area contributed by atoms with Gasteiger partial charge in [0.25, 0.3) is 0 Å². The Morgan fingerprint density at radius 3 is 0.794 bits per heavy atom. The fourth-order valence-corrected chi connectivity index (χ4v) is 11.7. The summed E-state index contributed by atoms with van der Waals surface area (Å²) in [6, 6.07) is 28.4. The molecule has 0 saturated heterocycles. The Morgan fingerprint density at radius 1 is 0.397 bits per heavy atom. The standard InChI is InChI=1S/2C25H31BN2.C7H8/c2*1-10-26(25-27(8)11-12-28(25)9,23-19(4)13-17(2)14-20(23)5)24-21(6)15-18(3)16-22(24)7;1-7-5-3-2-4-6-7/h2*1,11-16H,2-9H3;2-6H,1H3. The number of hydrogen-bond donors (Lipinski definition) is 0. The third kappa shape index (κ3) is 9.01. The smallest absolute Gasteiger partial charge is 0.242 e. The van der Waals surface area contributed by atoms with E-state index in [4.69, 9.17) is 12.8 Å². The average molecular weight is 833 g/mol. The molecule has 0 saturated carbocycles. The zero-order valence-electron chi connectivity index (χ0n) is 41.4. The number of hydrogen-bond acceptors (Lipinski definition) is 0. The molecule has 2 heterocycles. The van der Waals surface area contributed by atoms with Crippen molar-refractivity contribution in [2.24, 2.45) is 28.2 Å². The number of aromatic nitrogens is 4. The summed E-state index contributed by atoms with van der Waals surface area (Å²) in [5.74, 6) is 6.71. The molecule has 0 radical (unpaired) electrons. The average Bonchev–Trinajstić information content (AvgIpc) is 3.71. The Kier molecular flexibility index (Phi) is 14.4. The van der Waals surface area contributed by atoms with Gasteiger partial charge in [0.15, 0.2) is 0 Å². The summed E-state index contributed by atoms with van der Waals surface area (Å²) in [4.78, 5) is 0. The van der Waals surface area contributed by atoms with E-state index in [-0.39, 0.29) is 0 Å². The molecule has 0 unspecified atom stereocenters. The molecule has 2 aromatic heterocycles. The minimum absolute atomic E-state index is 1.16. The largest absolute Gasteiger partial charge is 0.291 e. The highest BCUT2D eigenvalue weighted by molar-refractivity contribution is 7.17. The van der Waals surface area contributed by atoms with E-state index in [1.54, 1.807) is 0 Å². The van der Waals surface area contributed by atoms with Crippen molar-refractivity contribution in [2.45, 2.75) is 90.0 Å². The van der Waals surface area contributed by atoms with Crippen molar-refractivity contribution < 1.29 is 9.13 Å². The maximum atomic E-state index is 6.50. The number of benzene rings is 5. The Balaban J connectivity index is 0.000000205. The van der Waals surface area contributed by atoms with Crippen LogP contribution in [-0.2, 0) is 28.2 Å². The van der Waals surface area contributed by atoms with Crippen molar-refractivity contribution in [3.63, 3.8) is 0 Å². The van der Waals surface area contributed by atoms with Crippen LogP contribution in [0.3, 0.4) is 0 Å². The van der Waals surface area contributed by atoms with E-state index in [1.165, 1.54) is 94.2 Å². The summed E-state index contributed by atoms with van der Waals surface area (Å²) in [6.07, 6.45) is 18.2. The topological polar surface area (TPSA) is 17.6 Å². The molecule has 0 aliphatic heterocycles. The molecule has 5 aromatic carbocycles. The van der Waals surface area contributed by atoms with E-state index >= 15 is 0 Å². The first kappa shape index (κ1) is 47.8. The fourth-order valence-electron chi connectivity index (χ4n) is 11.7. The fraction of sp³-hybridized carbons (Fsp3) is 0.298. The molecule has 0 amide bonds. The van der Waals surface area contributed by atoms with Crippen LogP contribution in [0, 0.1) is 114 Å². The molecular weight excluding hydrogens is 762 g/mol. The molecule has 0 spiro atoms. The van der Waals surface area contributed by atoms with E-state index in [1.807, 2.05) is 18.2 Å². The first-order valence-corrected chi connectivity index (χ1v) is 22.3. The third-order valence-electron chi connectivity index (χ3n) is 13.4. The molecular formula is C57H70B2N4. The van der Waals surface area contributed by atoms with Crippen LogP contribution < -0.4 is 42.4 Å². The molecule has 324 valence electrons. The Hall–Kier alpha value is -6.23. The lowest BCUT2D eigenvalue weighted by Crippen LogP contribution is -2.77. The van der Waals surface area contributed by atoms with Gasteiger partial charge in [-0.25, -0.2) is 0 Å². The summed E-state index contributed by atoms with van der Waals surface area (Å²) < 4.78 is 8.77. The van der Waals surface area contributed by atoms with Crippen LogP contribution >= 0.6 is 0 Å². The van der Waals surface area contributed by atoms with Crippen molar-refractivity contribution >= 4 is 45.6 Å². The summed E-state index contributed by atoms with van der Waals surface area (Å²) in [7, 11) is 8.39. The minimum Gasteiger partial charge on any atom is -0.291 e. The maximum Gasteiger partial charge on any atom is 0.242 e. The molecule has 0 atom stereocenters. The van der Waals surface area contributed by atoms with Gasteiger partial charge in [0.1, 0.15) is 24.8 Å². The minimum atomic E-state index is -1.59. The first-order valence-electron chi connectivity index (χ1n) is 22.3. The summed E-state index contributed by atoms with van der Waals surface area (Å²) in [5.41, 5.74) is 23.9. The lowest BCUT2D eigenvalue weighted by molar-refractivity contribution is -0.653. The molecule has 4 nitrogen and oxygen atoms in total. The van der Waals surface area contributed by atoms with Gasteiger partial charge in [-0.2, -0.15) is 34.7 Å². The highest BCUT2D eigenvalue weighted by atomic mass is 15.1. The Labute approximate surface area is 380 Å². The van der Waals surface area contributed by atoms with Crippen molar-refractivity contribution in [3.8, 4) is 24.5 Å². The summed E-state index contributed by atoms with van der Waals surface area (Å²) in [6.45, 7) is 28.3. The number of aryl methyl sites for hydroxylation is 17. The van der Waals surface area contributed by atoms with Gasteiger partial charge in [0.05, 0.1) is 39.6 Å². The quantitative estimate of drug-likeness (QED) is 0.101. The van der Waals surface area contributed by atoms with E-state index in [0.29, 0.717) is 0 Å². The number of imidazole rings is 2. The normalized spacial score (nSPS) is 11.2. The summed E-state index contributed by atoms with van der Waals surface area (Å²) in [5, 5.41) is 0. The van der Waals surface area contributed by atoms with Crippen LogP contribution in [0.25, 0.3) is 0 Å². The molecule has 6 heteroatoms. The molecule has 0 aliphatic rings. The van der Waals surface area contributed by atoms with E-state index in [0.717, 1.165) is 11.4 Å². The molecule has 7 rings (SSSR count). The Morgan fingerprint density at radius 2 is 0.635 bits per heavy atom. The molecule has 0 N–H and O–H groups in total. The van der Waals surface area contributed by atoms with Gasteiger partial charge in [-0.05, 0) is 90.0 Å². The second-order valence-electron chi connectivity index (χ2n) is 18.7. The van der Waals surface area contributed by atoms with Gasteiger partial charge < -0.3 is 0 Å². The third-order valence-corrected chi connectivity index (χ3v) is 13.4. The van der Waals surface area contributed by atoms with Crippen LogP contribution in [0.2, 0.25) is 0 Å². The van der Waals surface area contributed by atoms with Gasteiger partial charge in [-0.15, -0.1) is 0 Å². The summed E-state index contributed by atoms with van der Waals surface area (Å²) >= 11 is 0. The monoisotopic (exact) mass is 833 g/mol. The molecule has 0 bridgehead atoms. The van der Waals surface area contributed by atoms with Gasteiger partial charge in [-0.1, -0.05) is 151 Å². The number of terminal acetylenes is 2. The van der Waals surface area contributed by atoms with Crippen LogP contribution in [0.1, 0.15) is 72.3 Å². The zero-order chi connectivity index (χ0) is 46.7.